The smallest absolute Gasteiger partial charge is 0.407 e. The minimum atomic E-state index is -0.764. The summed E-state index contributed by atoms with van der Waals surface area (Å²) in [5.74, 6) is 0.359. The second-order valence-electron chi connectivity index (χ2n) is 7.46. The standard InChI is InChI=1S/C21H30N2O3/c1-16(14-17-6-4-3-5-7-17)19-15-20(19)23(21(24)25)18-8-10-22(11-9-18)12-13-26-2/h3-7,14,18-20H,8-13,15H2,1-2H3,(H,24,25)/t19-,20+/m0/s1. The number of nitrogens with zero attached hydrogens (tertiary/aromatic N) is 2. The van der Waals surface area contributed by atoms with Gasteiger partial charge in [0.1, 0.15) is 0 Å². The second kappa shape index (κ2) is 8.69. The molecule has 2 atom stereocenters. The molecule has 1 aromatic carbocycles. The molecule has 142 valence electrons. The van der Waals surface area contributed by atoms with Gasteiger partial charge >= 0.3 is 6.09 Å². The molecule has 0 spiro atoms. The van der Waals surface area contributed by atoms with Crippen molar-refractivity contribution < 1.29 is 14.6 Å². The summed E-state index contributed by atoms with van der Waals surface area (Å²) in [6.45, 7) is 5.70. The Morgan fingerprint density at radius 3 is 2.62 bits per heavy atom. The molecule has 2 fully saturated rings. The molecular formula is C21H30N2O3. The number of carbonyl (C=O) groups is 1. The second-order valence-corrected chi connectivity index (χ2v) is 7.46. The average molecular weight is 358 g/mol. The highest BCUT2D eigenvalue weighted by molar-refractivity contribution is 5.67. The quantitative estimate of drug-likeness (QED) is 0.810. The number of amides is 1. The van der Waals surface area contributed by atoms with Crippen LogP contribution in [0.1, 0.15) is 31.7 Å². The predicted octanol–water partition coefficient (Wildman–Crippen LogP) is 3.57. The molecular weight excluding hydrogens is 328 g/mol. The highest BCUT2D eigenvalue weighted by Gasteiger charge is 2.47. The molecule has 26 heavy (non-hydrogen) atoms. The molecule has 1 saturated heterocycles. The van der Waals surface area contributed by atoms with E-state index in [2.05, 4.69) is 30.0 Å². The van der Waals surface area contributed by atoms with Gasteiger partial charge in [-0.25, -0.2) is 4.79 Å². The van der Waals surface area contributed by atoms with E-state index in [1.807, 2.05) is 18.2 Å². The number of carboxylic acid groups (broad SMARTS) is 1. The summed E-state index contributed by atoms with van der Waals surface area (Å²) in [5, 5.41) is 9.81. The van der Waals surface area contributed by atoms with Crippen LogP contribution in [0.2, 0.25) is 0 Å². The van der Waals surface area contributed by atoms with Crippen LogP contribution in [-0.2, 0) is 4.74 Å². The number of rotatable bonds is 7. The van der Waals surface area contributed by atoms with Crippen molar-refractivity contribution >= 4 is 12.2 Å². The van der Waals surface area contributed by atoms with Gasteiger partial charge in [-0.1, -0.05) is 42.0 Å². The molecule has 5 heteroatoms. The van der Waals surface area contributed by atoms with E-state index in [-0.39, 0.29) is 12.1 Å². The van der Waals surface area contributed by atoms with Crippen molar-refractivity contribution in [1.29, 1.82) is 0 Å². The number of methoxy groups -OCH3 is 1. The van der Waals surface area contributed by atoms with Crippen LogP contribution in [0.3, 0.4) is 0 Å². The van der Waals surface area contributed by atoms with Crippen molar-refractivity contribution in [2.24, 2.45) is 5.92 Å². The molecule has 0 unspecified atom stereocenters. The maximum absolute atomic E-state index is 11.9. The molecule has 0 radical (unpaired) electrons. The van der Waals surface area contributed by atoms with Gasteiger partial charge in [-0.15, -0.1) is 0 Å². The first-order valence-corrected chi connectivity index (χ1v) is 9.56. The summed E-state index contributed by atoms with van der Waals surface area (Å²) in [6.07, 6.45) is 4.21. The molecule has 1 N–H and O–H groups in total. The Morgan fingerprint density at radius 1 is 1.31 bits per heavy atom. The SMILES string of the molecule is COCCN1CCC(N(C(=O)O)[C@@H]2C[C@H]2C(C)=Cc2ccccc2)CC1. The molecule has 1 amide bonds. The average Bonchev–Trinajstić information content (AvgIpc) is 3.42. The van der Waals surface area contributed by atoms with Gasteiger partial charge in [0.2, 0.25) is 0 Å². The zero-order valence-corrected chi connectivity index (χ0v) is 15.8. The Morgan fingerprint density at radius 2 is 2.00 bits per heavy atom. The summed E-state index contributed by atoms with van der Waals surface area (Å²) in [6, 6.07) is 10.5. The molecule has 1 aromatic rings. The van der Waals surface area contributed by atoms with Crippen LogP contribution in [0.4, 0.5) is 4.79 Å². The number of likely N-dealkylation sites (tertiary alicyclic amines) is 1. The highest BCUT2D eigenvalue weighted by Crippen LogP contribution is 2.44. The maximum atomic E-state index is 11.9. The molecule has 3 rings (SSSR count). The highest BCUT2D eigenvalue weighted by atomic mass is 16.5. The number of piperidine rings is 1. The van der Waals surface area contributed by atoms with Crippen molar-refractivity contribution in [2.45, 2.75) is 38.3 Å². The Balaban J connectivity index is 1.58. The van der Waals surface area contributed by atoms with E-state index in [4.69, 9.17) is 4.74 Å². The van der Waals surface area contributed by atoms with Gasteiger partial charge in [-0.05, 0) is 31.7 Å². The fourth-order valence-electron chi connectivity index (χ4n) is 4.11. The summed E-state index contributed by atoms with van der Waals surface area (Å²) in [5.41, 5.74) is 2.47. The van der Waals surface area contributed by atoms with Gasteiger partial charge in [0.25, 0.3) is 0 Å². The molecule has 1 saturated carbocycles. The van der Waals surface area contributed by atoms with Crippen molar-refractivity contribution in [3.8, 4) is 0 Å². The Hall–Kier alpha value is -1.85. The minimum Gasteiger partial charge on any atom is -0.465 e. The van der Waals surface area contributed by atoms with E-state index in [9.17, 15) is 9.90 Å². The first-order valence-electron chi connectivity index (χ1n) is 9.56. The van der Waals surface area contributed by atoms with Gasteiger partial charge in [0.15, 0.2) is 0 Å². The van der Waals surface area contributed by atoms with Crippen LogP contribution in [0.15, 0.2) is 35.9 Å². The molecule has 1 heterocycles. The van der Waals surface area contributed by atoms with Crippen molar-refractivity contribution in [3.63, 3.8) is 0 Å². The predicted molar refractivity (Wildman–Crippen MR) is 103 cm³/mol. The van der Waals surface area contributed by atoms with Crippen LogP contribution in [0.5, 0.6) is 0 Å². The van der Waals surface area contributed by atoms with Gasteiger partial charge in [-0.2, -0.15) is 0 Å². The van der Waals surface area contributed by atoms with Crippen molar-refractivity contribution in [2.75, 3.05) is 33.4 Å². The van der Waals surface area contributed by atoms with Gasteiger partial charge in [0, 0.05) is 44.7 Å². The van der Waals surface area contributed by atoms with Gasteiger partial charge < -0.3 is 19.6 Å². The van der Waals surface area contributed by atoms with E-state index < -0.39 is 6.09 Å². The molecule has 1 aliphatic carbocycles. The first kappa shape index (κ1) is 18.9. The van der Waals surface area contributed by atoms with Crippen LogP contribution < -0.4 is 0 Å². The summed E-state index contributed by atoms with van der Waals surface area (Å²) in [7, 11) is 1.72. The van der Waals surface area contributed by atoms with E-state index in [1.165, 1.54) is 11.1 Å². The van der Waals surface area contributed by atoms with Crippen LogP contribution in [-0.4, -0.2) is 66.4 Å². The normalized spacial score (nSPS) is 24.5. The summed E-state index contributed by atoms with van der Waals surface area (Å²) < 4.78 is 5.14. The molecule has 1 aliphatic heterocycles. The Bertz CT molecular complexity index is 623. The van der Waals surface area contributed by atoms with E-state index in [0.29, 0.717) is 5.92 Å². The van der Waals surface area contributed by atoms with Crippen LogP contribution in [0, 0.1) is 5.92 Å². The number of ether oxygens (including phenoxy) is 1. The van der Waals surface area contributed by atoms with Gasteiger partial charge in [0.05, 0.1) is 6.61 Å². The molecule has 0 bridgehead atoms. The van der Waals surface area contributed by atoms with E-state index in [1.54, 1.807) is 12.0 Å². The lowest BCUT2D eigenvalue weighted by Crippen LogP contribution is -2.48. The lowest BCUT2D eigenvalue weighted by molar-refractivity contribution is 0.0738. The van der Waals surface area contributed by atoms with Crippen LogP contribution >= 0.6 is 0 Å². The zero-order valence-electron chi connectivity index (χ0n) is 15.8. The number of benzene rings is 1. The molecule has 5 nitrogen and oxygen atoms in total. The topological polar surface area (TPSA) is 53.0 Å². The summed E-state index contributed by atoms with van der Waals surface area (Å²) in [4.78, 5) is 16.0. The van der Waals surface area contributed by atoms with E-state index >= 15 is 0 Å². The minimum absolute atomic E-state index is 0.142. The number of hydrogen-bond acceptors (Lipinski definition) is 3. The van der Waals surface area contributed by atoms with Crippen molar-refractivity contribution in [3.05, 3.63) is 41.5 Å². The van der Waals surface area contributed by atoms with Crippen LogP contribution in [0.25, 0.3) is 6.08 Å². The van der Waals surface area contributed by atoms with Crippen molar-refractivity contribution in [1.82, 2.24) is 9.80 Å². The summed E-state index contributed by atoms with van der Waals surface area (Å²) >= 11 is 0. The lowest BCUT2D eigenvalue weighted by atomic mass is 10.0. The Kier molecular flexibility index (Phi) is 6.33. The largest absolute Gasteiger partial charge is 0.465 e. The zero-order chi connectivity index (χ0) is 18.5. The maximum Gasteiger partial charge on any atom is 0.407 e. The fraction of sp³-hybridized carbons (Fsp3) is 0.571. The first-order chi connectivity index (χ1) is 12.6. The molecule has 0 aromatic heterocycles. The van der Waals surface area contributed by atoms with Gasteiger partial charge in [-0.3, -0.25) is 0 Å². The monoisotopic (exact) mass is 358 g/mol. The third-order valence-corrected chi connectivity index (χ3v) is 5.68. The lowest BCUT2D eigenvalue weighted by Gasteiger charge is -2.37. The fourth-order valence-corrected chi connectivity index (χ4v) is 4.11. The Labute approximate surface area is 156 Å². The third kappa shape index (κ3) is 4.65. The van der Waals surface area contributed by atoms with E-state index in [0.717, 1.165) is 45.5 Å². The molecule has 2 aliphatic rings. The number of hydrogen-bond donors (Lipinski definition) is 1. The third-order valence-electron chi connectivity index (χ3n) is 5.68.